The van der Waals surface area contributed by atoms with Gasteiger partial charge in [0.05, 0.1) is 6.04 Å². The fraction of sp³-hybridized carbons (Fsp3) is 0.560. The maximum atomic E-state index is 13.7. The average molecular weight is 419 g/mol. The number of allylic oxidation sites excluding steroid dienone is 1. The van der Waals surface area contributed by atoms with Crippen molar-refractivity contribution in [3.05, 3.63) is 59.3 Å². The quantitative estimate of drug-likeness (QED) is 0.467. The van der Waals surface area contributed by atoms with Gasteiger partial charge in [-0.25, -0.2) is 8.78 Å². The van der Waals surface area contributed by atoms with Crippen LogP contribution in [0.5, 0.6) is 0 Å². The Kier molecular flexibility index (Phi) is 9.07. The number of piperidine rings is 1. The maximum Gasteiger partial charge on any atom is 0.226 e. The first-order chi connectivity index (χ1) is 14.3. The number of rotatable bonds is 8. The minimum absolute atomic E-state index is 0.0315. The van der Waals surface area contributed by atoms with Crippen LogP contribution in [-0.4, -0.2) is 35.8 Å². The molecule has 0 aromatic heterocycles. The molecule has 3 nitrogen and oxygen atoms in total. The molecule has 30 heavy (non-hydrogen) atoms. The molecule has 2 aliphatic rings. The molecule has 3 rings (SSSR count). The van der Waals surface area contributed by atoms with Gasteiger partial charge in [0.15, 0.2) is 0 Å². The van der Waals surface area contributed by atoms with Gasteiger partial charge >= 0.3 is 0 Å². The summed E-state index contributed by atoms with van der Waals surface area (Å²) in [6.45, 7) is 11.2. The predicted molar refractivity (Wildman–Crippen MR) is 119 cm³/mol. The molecule has 1 amide bonds. The maximum absolute atomic E-state index is 13.7. The van der Waals surface area contributed by atoms with Gasteiger partial charge in [0.25, 0.3) is 0 Å². The lowest BCUT2D eigenvalue weighted by Crippen LogP contribution is -2.44. The van der Waals surface area contributed by atoms with Gasteiger partial charge in [-0.05, 0) is 69.3 Å². The van der Waals surface area contributed by atoms with E-state index < -0.39 is 11.6 Å². The van der Waals surface area contributed by atoms with Crippen LogP contribution in [0.2, 0.25) is 0 Å². The Morgan fingerprint density at radius 2 is 1.83 bits per heavy atom. The molecule has 1 aliphatic heterocycles. The van der Waals surface area contributed by atoms with Gasteiger partial charge in [-0.1, -0.05) is 31.6 Å². The van der Waals surface area contributed by atoms with E-state index in [-0.39, 0.29) is 17.9 Å². The Bertz CT molecular complexity index is 748. The van der Waals surface area contributed by atoms with Crippen LogP contribution in [0, 0.1) is 17.6 Å². The first-order valence-electron chi connectivity index (χ1n) is 11.1. The molecule has 0 radical (unpaired) electrons. The lowest BCUT2D eigenvalue weighted by Gasteiger charge is -2.40. The summed E-state index contributed by atoms with van der Waals surface area (Å²) in [4.78, 5) is 17.1. The van der Waals surface area contributed by atoms with Crippen LogP contribution in [0.4, 0.5) is 8.78 Å². The number of likely N-dealkylation sites (tertiary alicyclic amines) is 1. The second-order valence-corrected chi connectivity index (χ2v) is 8.33. The largest absolute Gasteiger partial charge is 0.380 e. The zero-order chi connectivity index (χ0) is 22.3. The number of amides is 1. The van der Waals surface area contributed by atoms with Crippen LogP contribution in [-0.2, 0) is 4.79 Å². The SMILES string of the molecule is C=C(C)CN1C(=O)C(CCCN(C)C=C2CC2)CCC1c1cc(F)cc(F)c1.CC. The van der Waals surface area contributed by atoms with E-state index in [1.54, 1.807) is 4.90 Å². The summed E-state index contributed by atoms with van der Waals surface area (Å²) in [5, 5.41) is 0. The first-order valence-corrected chi connectivity index (χ1v) is 11.1. The minimum Gasteiger partial charge on any atom is -0.380 e. The highest BCUT2D eigenvalue weighted by atomic mass is 19.1. The van der Waals surface area contributed by atoms with Crippen molar-refractivity contribution in [2.24, 2.45) is 5.92 Å². The topological polar surface area (TPSA) is 23.6 Å². The van der Waals surface area contributed by atoms with E-state index >= 15 is 0 Å². The van der Waals surface area contributed by atoms with E-state index in [2.05, 4.69) is 24.7 Å². The fourth-order valence-corrected chi connectivity index (χ4v) is 4.05. The summed E-state index contributed by atoms with van der Waals surface area (Å²) < 4.78 is 27.4. The third kappa shape index (κ3) is 6.96. The van der Waals surface area contributed by atoms with E-state index in [4.69, 9.17) is 0 Å². The molecular weight excluding hydrogens is 382 g/mol. The van der Waals surface area contributed by atoms with Crippen molar-refractivity contribution < 1.29 is 13.6 Å². The van der Waals surface area contributed by atoms with Crippen LogP contribution in [0.25, 0.3) is 0 Å². The van der Waals surface area contributed by atoms with Crippen molar-refractivity contribution in [3.8, 4) is 0 Å². The molecule has 1 saturated carbocycles. The van der Waals surface area contributed by atoms with Gasteiger partial charge in [0.2, 0.25) is 5.91 Å². The molecule has 0 bridgehead atoms. The van der Waals surface area contributed by atoms with E-state index in [0.29, 0.717) is 18.5 Å². The zero-order valence-corrected chi connectivity index (χ0v) is 18.9. The Morgan fingerprint density at radius 3 is 2.40 bits per heavy atom. The number of nitrogens with zero attached hydrogens (tertiary/aromatic N) is 2. The molecule has 2 atom stereocenters. The second kappa shape index (κ2) is 11.3. The summed E-state index contributed by atoms with van der Waals surface area (Å²) in [5.74, 6) is -1.16. The number of carbonyl (C=O) groups excluding carboxylic acids is 1. The number of benzene rings is 1. The molecule has 2 fully saturated rings. The molecule has 5 heteroatoms. The Labute approximate surface area is 180 Å². The van der Waals surface area contributed by atoms with Gasteiger partial charge in [-0.3, -0.25) is 4.79 Å². The summed E-state index contributed by atoms with van der Waals surface area (Å²) in [5.41, 5.74) is 2.89. The summed E-state index contributed by atoms with van der Waals surface area (Å²) in [6.07, 6.45) is 7.89. The van der Waals surface area contributed by atoms with Crippen LogP contribution in [0.1, 0.15) is 70.9 Å². The number of hydrogen-bond acceptors (Lipinski definition) is 2. The molecule has 2 unspecified atom stereocenters. The zero-order valence-electron chi connectivity index (χ0n) is 18.9. The van der Waals surface area contributed by atoms with E-state index in [0.717, 1.165) is 37.4 Å². The summed E-state index contributed by atoms with van der Waals surface area (Å²) in [7, 11) is 2.08. The fourth-order valence-electron chi connectivity index (χ4n) is 4.05. The Hall–Kier alpha value is -2.17. The van der Waals surface area contributed by atoms with Crippen molar-refractivity contribution in [2.45, 2.75) is 65.3 Å². The number of halogens is 2. The molecule has 1 heterocycles. The van der Waals surface area contributed by atoms with Crippen LogP contribution in [0.15, 0.2) is 42.1 Å². The van der Waals surface area contributed by atoms with E-state index in [1.807, 2.05) is 20.8 Å². The van der Waals surface area contributed by atoms with Crippen LogP contribution < -0.4 is 0 Å². The second-order valence-electron chi connectivity index (χ2n) is 8.33. The average Bonchev–Trinajstić information content (AvgIpc) is 3.49. The van der Waals surface area contributed by atoms with Gasteiger partial charge < -0.3 is 9.80 Å². The molecule has 1 aromatic rings. The smallest absolute Gasteiger partial charge is 0.226 e. The van der Waals surface area contributed by atoms with Gasteiger partial charge in [0.1, 0.15) is 11.6 Å². The molecule has 1 aliphatic carbocycles. The van der Waals surface area contributed by atoms with Crippen molar-refractivity contribution in [3.63, 3.8) is 0 Å². The highest BCUT2D eigenvalue weighted by Gasteiger charge is 2.36. The molecule has 166 valence electrons. The number of hydrogen-bond donors (Lipinski definition) is 0. The molecular formula is C25H36F2N2O. The summed E-state index contributed by atoms with van der Waals surface area (Å²) in [6, 6.07) is 3.25. The standard InChI is InChI=1S/C23H30F2N2O.C2H6/c1-16(2)14-27-22(19-11-20(24)13-21(25)12-19)9-8-18(23(27)28)5-4-10-26(3)15-17-6-7-17;1-2/h11-13,15,18,22H,1,4-10,14H2,2-3H3;1-2H3. The predicted octanol–water partition coefficient (Wildman–Crippen LogP) is 6.24. The van der Waals surface area contributed by atoms with Crippen molar-refractivity contribution in [2.75, 3.05) is 20.1 Å². The van der Waals surface area contributed by atoms with Gasteiger partial charge in [0, 0.05) is 32.1 Å². The van der Waals surface area contributed by atoms with E-state index in [1.165, 1.54) is 30.5 Å². The third-order valence-electron chi connectivity index (χ3n) is 5.51. The summed E-state index contributed by atoms with van der Waals surface area (Å²) >= 11 is 0. The van der Waals surface area contributed by atoms with Crippen molar-refractivity contribution >= 4 is 5.91 Å². The molecule has 1 aromatic carbocycles. The highest BCUT2D eigenvalue weighted by molar-refractivity contribution is 5.80. The van der Waals surface area contributed by atoms with Gasteiger partial charge in [-0.2, -0.15) is 0 Å². The van der Waals surface area contributed by atoms with E-state index in [9.17, 15) is 13.6 Å². The van der Waals surface area contributed by atoms with Gasteiger partial charge in [-0.15, -0.1) is 0 Å². The van der Waals surface area contributed by atoms with Crippen LogP contribution >= 0.6 is 0 Å². The lowest BCUT2D eigenvalue weighted by molar-refractivity contribution is -0.141. The highest BCUT2D eigenvalue weighted by Crippen LogP contribution is 2.37. The van der Waals surface area contributed by atoms with Crippen molar-refractivity contribution in [1.82, 2.24) is 9.80 Å². The molecule has 1 saturated heterocycles. The Balaban J connectivity index is 0.00000155. The third-order valence-corrected chi connectivity index (χ3v) is 5.51. The van der Waals surface area contributed by atoms with Crippen LogP contribution in [0.3, 0.4) is 0 Å². The monoisotopic (exact) mass is 418 g/mol. The molecule has 0 spiro atoms. The molecule has 0 N–H and O–H groups in total. The minimum atomic E-state index is -0.604. The normalized spacial score (nSPS) is 20.4. The Morgan fingerprint density at radius 1 is 1.20 bits per heavy atom. The lowest BCUT2D eigenvalue weighted by atomic mass is 9.85. The first kappa shape index (κ1) is 24.1. The van der Waals surface area contributed by atoms with Crippen molar-refractivity contribution in [1.29, 1.82) is 0 Å². The number of carbonyl (C=O) groups is 1.